The van der Waals surface area contributed by atoms with E-state index in [9.17, 15) is 0 Å². The van der Waals surface area contributed by atoms with Gasteiger partial charge in [-0.2, -0.15) is 0 Å². The quantitative estimate of drug-likeness (QED) is 0.146. The monoisotopic (exact) mass is 916 g/mol. The van der Waals surface area contributed by atoms with Gasteiger partial charge in [-0.1, -0.05) is 0 Å². The number of hydrogen-bond donors (Lipinski definition) is 0. The van der Waals surface area contributed by atoms with Crippen molar-refractivity contribution in [3.05, 3.63) is 178 Å². The number of hydrogen-bond acceptors (Lipinski definition) is 0. The summed E-state index contributed by atoms with van der Waals surface area (Å²) in [5, 5.41) is 9.57. The maximum absolute atomic E-state index is 3.35. The Bertz CT molecular complexity index is 2290. The minimum atomic E-state index is -3.35. The van der Waals surface area contributed by atoms with Crippen LogP contribution in [0.5, 0.6) is 0 Å². The van der Waals surface area contributed by atoms with Crippen molar-refractivity contribution in [3.8, 4) is 22.3 Å². The molecule has 1 aliphatic heterocycles. The van der Waals surface area contributed by atoms with Crippen LogP contribution in [0.25, 0.3) is 34.4 Å². The summed E-state index contributed by atoms with van der Waals surface area (Å²) in [5.41, 5.74) is 11.6. The van der Waals surface area contributed by atoms with Gasteiger partial charge in [0.2, 0.25) is 0 Å². The molecule has 0 nitrogen and oxygen atoms in total. The molecule has 6 aromatic carbocycles. The average Bonchev–Trinajstić information content (AvgIpc) is 3.77. The third kappa shape index (κ3) is 5.50. The van der Waals surface area contributed by atoms with Crippen molar-refractivity contribution in [2.75, 3.05) is 0 Å². The Labute approximate surface area is 331 Å². The molecule has 0 N–H and O–H groups in total. The van der Waals surface area contributed by atoms with Crippen LogP contribution in [0.3, 0.4) is 0 Å². The molecular weight excluding hydrogens is 863 g/mol. The molecule has 3 aliphatic rings. The van der Waals surface area contributed by atoms with Crippen LogP contribution in [0.4, 0.5) is 0 Å². The van der Waals surface area contributed by atoms with Gasteiger partial charge in [-0.05, 0) is 0 Å². The Morgan fingerprint density at radius 2 is 0.796 bits per heavy atom. The van der Waals surface area contributed by atoms with Crippen LogP contribution in [0, 0.1) is 0 Å². The molecule has 0 bridgehead atoms. The Kier molecular flexibility index (Phi) is 8.63. The first-order chi connectivity index (χ1) is 25.8. The van der Waals surface area contributed by atoms with Crippen molar-refractivity contribution in [1.29, 1.82) is 0 Å². The fourth-order valence-corrected chi connectivity index (χ4v) is 43.9. The molecular formula is C50H52HfSi3. The second-order valence-electron chi connectivity index (χ2n) is 18.6. The predicted molar refractivity (Wildman–Crippen MR) is 241 cm³/mol. The second kappa shape index (κ2) is 12.9. The molecule has 1 fully saturated rings. The van der Waals surface area contributed by atoms with Crippen LogP contribution in [0.2, 0.25) is 48.6 Å². The number of fused-ring (bicyclic) bond motifs is 6. The third-order valence-corrected chi connectivity index (χ3v) is 39.4. The van der Waals surface area contributed by atoms with Crippen LogP contribution < -0.4 is 20.7 Å². The predicted octanol–water partition coefficient (Wildman–Crippen LogP) is 11.3. The number of benzene rings is 6. The van der Waals surface area contributed by atoms with E-state index in [0.717, 1.165) is 0 Å². The zero-order chi connectivity index (χ0) is 37.6. The molecule has 4 heteroatoms. The Morgan fingerprint density at radius 3 is 1.15 bits per heavy atom. The molecule has 0 spiro atoms. The van der Waals surface area contributed by atoms with Gasteiger partial charge in [-0.25, -0.2) is 0 Å². The summed E-state index contributed by atoms with van der Waals surface area (Å²) < 4.78 is 6.61. The first kappa shape index (κ1) is 36.0. The van der Waals surface area contributed by atoms with E-state index in [1.54, 1.807) is 21.5 Å². The van der Waals surface area contributed by atoms with Crippen molar-refractivity contribution in [2.45, 2.75) is 56.0 Å². The number of allylic oxidation sites excluding steroid dienone is 2. The van der Waals surface area contributed by atoms with Crippen LogP contribution in [0.15, 0.2) is 156 Å². The van der Waals surface area contributed by atoms with Gasteiger partial charge in [-0.3, -0.25) is 0 Å². The first-order valence-electron chi connectivity index (χ1n) is 19.8. The zero-order valence-electron chi connectivity index (χ0n) is 33.2. The van der Waals surface area contributed by atoms with Crippen molar-refractivity contribution in [2.24, 2.45) is 0 Å². The molecule has 0 aromatic heterocycles. The van der Waals surface area contributed by atoms with Crippen molar-refractivity contribution in [1.82, 2.24) is 0 Å². The molecule has 6 aromatic rings. The maximum atomic E-state index is 2.80. The molecule has 2 atom stereocenters. The molecule has 1 heterocycles. The molecule has 9 rings (SSSR count). The number of rotatable bonds is 6. The van der Waals surface area contributed by atoms with Crippen molar-refractivity contribution in [3.63, 3.8) is 0 Å². The summed E-state index contributed by atoms with van der Waals surface area (Å²) in [6.07, 6.45) is 5.48. The van der Waals surface area contributed by atoms with Crippen LogP contribution >= 0.6 is 0 Å². The van der Waals surface area contributed by atoms with Gasteiger partial charge in [0.15, 0.2) is 0 Å². The van der Waals surface area contributed by atoms with Gasteiger partial charge in [0.1, 0.15) is 0 Å². The van der Waals surface area contributed by atoms with Gasteiger partial charge in [-0.15, -0.1) is 0 Å². The standard InChI is InChI=1S/C48H46Si3.2CH3.Hf/c1-49(2,3)39-27-23-35(24-28-39)45-21-13-15-37-31-43(33-47(37)45)51(41-17-9-7-10-18-41,42-19-11-8-12-20-42)44-32-38-16-14-22-46(48(38)34-44)36-25-29-40(30-26-36)50(4,5)6;;;/h7-34H,1-6H3;2*1H3;. The second-order valence-corrected chi connectivity index (χ2v) is 49.8. The average molecular weight is 916 g/mol. The first-order valence-corrected chi connectivity index (χ1v) is 40.2. The Hall–Kier alpha value is -3.68. The van der Waals surface area contributed by atoms with E-state index in [2.05, 4.69) is 206 Å². The molecule has 268 valence electrons. The summed E-state index contributed by atoms with van der Waals surface area (Å²) in [6, 6.07) is 57.3. The normalized spacial score (nSPS) is 19.3. The zero-order valence-corrected chi connectivity index (χ0v) is 39.8. The SMILES string of the molecule is C[Si](C)(C)c1ccc(-c2cccc3c2C=C2[CH]3[Hf]([CH3])([CH3])[CH]3C(=Cc4c(-c5ccc([Si](C)(C)C)cc5)cccc43)[Si]2(c2ccccc2)c2ccccc2)cc1. The van der Waals surface area contributed by atoms with E-state index in [4.69, 9.17) is 0 Å². The van der Waals surface area contributed by atoms with Gasteiger partial charge in [0.05, 0.1) is 0 Å². The molecule has 2 aliphatic carbocycles. The summed E-state index contributed by atoms with van der Waals surface area (Å²) in [5.74, 6) is 0. The topological polar surface area (TPSA) is 0 Å². The van der Waals surface area contributed by atoms with Gasteiger partial charge in [0, 0.05) is 0 Å². The van der Waals surface area contributed by atoms with E-state index < -0.39 is 44.2 Å². The van der Waals surface area contributed by atoms with E-state index in [1.165, 1.54) is 54.1 Å². The molecule has 54 heavy (non-hydrogen) atoms. The van der Waals surface area contributed by atoms with Gasteiger partial charge >= 0.3 is 334 Å². The Morgan fingerprint density at radius 1 is 0.426 bits per heavy atom. The molecule has 1 saturated heterocycles. The Balaban J connectivity index is 1.33. The van der Waals surface area contributed by atoms with Crippen molar-refractivity contribution >= 4 is 57.1 Å². The van der Waals surface area contributed by atoms with Gasteiger partial charge in [0.25, 0.3) is 0 Å². The minimum absolute atomic E-state index is 0.508. The van der Waals surface area contributed by atoms with E-state index in [0.29, 0.717) is 7.35 Å². The molecule has 0 amide bonds. The molecule has 0 radical (unpaired) electrons. The van der Waals surface area contributed by atoms with Crippen LogP contribution in [-0.4, -0.2) is 24.2 Å². The summed E-state index contributed by atoms with van der Waals surface area (Å²) in [7, 11) is -5.50. The van der Waals surface area contributed by atoms with E-state index in [1.807, 2.05) is 0 Å². The summed E-state index contributed by atoms with van der Waals surface area (Å²) in [6.45, 7) is 14.7. The van der Waals surface area contributed by atoms with E-state index >= 15 is 0 Å². The van der Waals surface area contributed by atoms with Crippen molar-refractivity contribution < 1.29 is 20.0 Å². The fourth-order valence-electron chi connectivity index (χ4n) is 10.4. The van der Waals surface area contributed by atoms with Gasteiger partial charge < -0.3 is 0 Å². The molecule has 2 unspecified atom stereocenters. The van der Waals surface area contributed by atoms with E-state index in [-0.39, 0.29) is 0 Å². The summed E-state index contributed by atoms with van der Waals surface area (Å²) in [4.78, 5) is 0. The van der Waals surface area contributed by atoms with Crippen LogP contribution in [-0.2, 0) is 20.0 Å². The third-order valence-electron chi connectivity index (χ3n) is 13.0. The van der Waals surface area contributed by atoms with Crippen LogP contribution in [0.1, 0.15) is 29.6 Å². The fraction of sp³-hybridized carbons (Fsp3) is 0.200. The molecule has 0 saturated carbocycles. The summed E-state index contributed by atoms with van der Waals surface area (Å²) >= 11 is -3.35.